The lowest BCUT2D eigenvalue weighted by atomic mass is 10.1. The van der Waals surface area contributed by atoms with E-state index in [1.807, 2.05) is 36.7 Å². The molecule has 1 fully saturated rings. The monoisotopic (exact) mass is 483 g/mol. The van der Waals surface area contributed by atoms with Crippen LogP contribution in [0.25, 0.3) is 6.08 Å². The van der Waals surface area contributed by atoms with Gasteiger partial charge in [0.2, 0.25) is 0 Å². The summed E-state index contributed by atoms with van der Waals surface area (Å²) in [6.45, 7) is 1.85. The summed E-state index contributed by atoms with van der Waals surface area (Å²) in [5.41, 5.74) is 2.51. The highest BCUT2D eigenvalue weighted by Gasteiger charge is 2.21. The van der Waals surface area contributed by atoms with Crippen LogP contribution in [0.3, 0.4) is 0 Å². The number of rotatable bonds is 7. The van der Waals surface area contributed by atoms with E-state index in [4.69, 9.17) is 16.3 Å². The van der Waals surface area contributed by atoms with Crippen molar-refractivity contribution in [3.8, 4) is 5.75 Å². The standard InChI is InChI=1S/C25H26ClN3O3S/c1-28(33(30,31)19-14-20-2-4-21(26)5-3-20)22-6-8-24(9-7-22)32-25-12-17-29(18-13-25)23-10-15-27-16-11-23/h2-11,14-16,19,25H,12-13,17-18H2,1H3/b19-14+. The zero-order valence-electron chi connectivity index (χ0n) is 18.3. The van der Waals surface area contributed by atoms with Crippen LogP contribution < -0.4 is 13.9 Å². The maximum atomic E-state index is 12.7. The minimum atomic E-state index is -3.63. The maximum absolute atomic E-state index is 12.7. The van der Waals surface area contributed by atoms with Crippen molar-refractivity contribution in [2.75, 3.05) is 29.3 Å². The minimum absolute atomic E-state index is 0.137. The molecule has 0 N–H and O–H groups in total. The van der Waals surface area contributed by atoms with E-state index >= 15 is 0 Å². The molecule has 0 amide bonds. The van der Waals surface area contributed by atoms with Crippen LogP contribution in [-0.2, 0) is 10.0 Å². The molecule has 0 bridgehead atoms. The predicted molar refractivity (Wildman–Crippen MR) is 134 cm³/mol. The number of nitrogens with zero attached hydrogens (tertiary/aromatic N) is 3. The zero-order chi connectivity index (χ0) is 23.3. The first-order valence-electron chi connectivity index (χ1n) is 10.7. The highest BCUT2D eigenvalue weighted by Crippen LogP contribution is 2.26. The Morgan fingerprint density at radius 3 is 2.27 bits per heavy atom. The Morgan fingerprint density at radius 2 is 1.64 bits per heavy atom. The van der Waals surface area contributed by atoms with Crippen LogP contribution >= 0.6 is 11.6 Å². The lowest BCUT2D eigenvalue weighted by Gasteiger charge is -2.33. The first-order chi connectivity index (χ1) is 15.9. The Balaban J connectivity index is 1.33. The Hall–Kier alpha value is -3.03. The second kappa shape index (κ2) is 10.3. The van der Waals surface area contributed by atoms with Crippen LogP contribution in [-0.4, -0.2) is 39.6 Å². The number of hydrogen-bond acceptors (Lipinski definition) is 5. The number of halogens is 1. The van der Waals surface area contributed by atoms with E-state index in [1.165, 1.54) is 22.4 Å². The Morgan fingerprint density at radius 1 is 1.00 bits per heavy atom. The van der Waals surface area contributed by atoms with Crippen LogP contribution in [0.2, 0.25) is 5.02 Å². The molecule has 2 aromatic carbocycles. The number of benzene rings is 2. The van der Waals surface area contributed by atoms with Crippen molar-refractivity contribution in [1.29, 1.82) is 0 Å². The van der Waals surface area contributed by atoms with E-state index in [0.717, 1.165) is 37.2 Å². The molecule has 1 aliphatic heterocycles. The van der Waals surface area contributed by atoms with Gasteiger partial charge in [-0.3, -0.25) is 9.29 Å². The van der Waals surface area contributed by atoms with Crippen molar-refractivity contribution in [2.24, 2.45) is 0 Å². The molecule has 0 unspecified atom stereocenters. The van der Waals surface area contributed by atoms with Gasteiger partial charge in [0.15, 0.2) is 0 Å². The Bertz CT molecular complexity index is 1180. The quantitative estimate of drug-likeness (QED) is 0.461. The first kappa shape index (κ1) is 23.1. The Labute approximate surface area is 200 Å². The minimum Gasteiger partial charge on any atom is -0.490 e. The summed E-state index contributed by atoms with van der Waals surface area (Å²) in [6, 6.07) is 18.2. The molecule has 0 aliphatic carbocycles. The van der Waals surface area contributed by atoms with Crippen LogP contribution in [0.4, 0.5) is 11.4 Å². The molecule has 172 valence electrons. The number of hydrogen-bond donors (Lipinski definition) is 0. The number of pyridine rings is 1. The molecule has 1 aromatic heterocycles. The molecule has 2 heterocycles. The molecule has 1 saturated heterocycles. The summed E-state index contributed by atoms with van der Waals surface area (Å²) >= 11 is 5.87. The fourth-order valence-corrected chi connectivity index (χ4v) is 4.74. The number of aromatic nitrogens is 1. The normalized spacial score (nSPS) is 15.0. The van der Waals surface area contributed by atoms with E-state index in [2.05, 4.69) is 9.88 Å². The molecule has 1 aliphatic rings. The van der Waals surface area contributed by atoms with Gasteiger partial charge in [0.25, 0.3) is 10.0 Å². The summed E-state index contributed by atoms with van der Waals surface area (Å²) in [7, 11) is -2.09. The average molecular weight is 484 g/mol. The topological polar surface area (TPSA) is 62.7 Å². The van der Waals surface area contributed by atoms with Gasteiger partial charge in [-0.2, -0.15) is 0 Å². The molecule has 3 aromatic rings. The molecule has 8 heteroatoms. The van der Waals surface area contributed by atoms with Gasteiger partial charge in [0, 0.05) is 56.1 Å². The number of sulfonamides is 1. The van der Waals surface area contributed by atoms with Crippen molar-refractivity contribution in [2.45, 2.75) is 18.9 Å². The van der Waals surface area contributed by atoms with Crippen LogP contribution in [0.5, 0.6) is 5.75 Å². The van der Waals surface area contributed by atoms with E-state index in [-0.39, 0.29) is 6.10 Å². The molecule has 0 atom stereocenters. The van der Waals surface area contributed by atoms with Gasteiger partial charge in [-0.15, -0.1) is 0 Å². The van der Waals surface area contributed by atoms with Crippen molar-refractivity contribution in [3.05, 3.63) is 89.1 Å². The number of anilines is 2. The first-order valence-corrected chi connectivity index (χ1v) is 12.6. The van der Waals surface area contributed by atoms with E-state index in [0.29, 0.717) is 10.7 Å². The van der Waals surface area contributed by atoms with Crippen molar-refractivity contribution < 1.29 is 13.2 Å². The van der Waals surface area contributed by atoms with Crippen molar-refractivity contribution >= 4 is 39.1 Å². The third kappa shape index (κ3) is 6.06. The lowest BCUT2D eigenvalue weighted by molar-refractivity contribution is 0.171. The van der Waals surface area contributed by atoms with Crippen molar-refractivity contribution in [3.63, 3.8) is 0 Å². The highest BCUT2D eigenvalue weighted by molar-refractivity contribution is 7.95. The molecule has 4 rings (SSSR count). The summed E-state index contributed by atoms with van der Waals surface area (Å²) < 4.78 is 32.8. The second-order valence-corrected chi connectivity index (χ2v) is 10.2. The van der Waals surface area contributed by atoms with Gasteiger partial charge in [0.1, 0.15) is 11.9 Å². The van der Waals surface area contributed by atoms with Gasteiger partial charge in [0.05, 0.1) is 11.1 Å². The van der Waals surface area contributed by atoms with Crippen LogP contribution in [0.15, 0.2) is 78.5 Å². The molecule has 0 saturated carbocycles. The molecule has 0 spiro atoms. The van der Waals surface area contributed by atoms with Gasteiger partial charge < -0.3 is 9.64 Å². The smallest absolute Gasteiger partial charge is 0.257 e. The fraction of sp³-hybridized carbons (Fsp3) is 0.240. The largest absolute Gasteiger partial charge is 0.490 e. The highest BCUT2D eigenvalue weighted by atomic mass is 35.5. The van der Waals surface area contributed by atoms with E-state index in [9.17, 15) is 8.42 Å². The summed E-state index contributed by atoms with van der Waals surface area (Å²) in [5, 5.41) is 1.80. The molecule has 0 radical (unpaired) electrons. The maximum Gasteiger partial charge on any atom is 0.257 e. The van der Waals surface area contributed by atoms with E-state index in [1.54, 1.807) is 42.5 Å². The molecular weight excluding hydrogens is 458 g/mol. The Kier molecular flexibility index (Phi) is 7.20. The zero-order valence-corrected chi connectivity index (χ0v) is 19.9. The average Bonchev–Trinajstić information content (AvgIpc) is 2.85. The summed E-state index contributed by atoms with van der Waals surface area (Å²) in [4.78, 5) is 6.41. The van der Waals surface area contributed by atoms with Gasteiger partial charge in [-0.25, -0.2) is 8.42 Å². The van der Waals surface area contributed by atoms with Crippen LogP contribution in [0.1, 0.15) is 18.4 Å². The molecule has 33 heavy (non-hydrogen) atoms. The van der Waals surface area contributed by atoms with Crippen LogP contribution in [0, 0.1) is 0 Å². The van der Waals surface area contributed by atoms with Gasteiger partial charge in [-0.05, 0) is 60.2 Å². The second-order valence-electron chi connectivity index (χ2n) is 7.87. The SMILES string of the molecule is CN(c1ccc(OC2CCN(c3ccncc3)CC2)cc1)S(=O)(=O)/C=C/c1ccc(Cl)cc1. The number of piperidine rings is 1. The predicted octanol–water partition coefficient (Wildman–Crippen LogP) is 5.22. The molecular formula is C25H26ClN3O3S. The third-order valence-electron chi connectivity index (χ3n) is 5.66. The lowest BCUT2D eigenvalue weighted by Crippen LogP contribution is -2.38. The number of ether oxygens (including phenoxy) is 1. The van der Waals surface area contributed by atoms with Gasteiger partial charge in [-0.1, -0.05) is 23.7 Å². The van der Waals surface area contributed by atoms with Crippen molar-refractivity contribution in [1.82, 2.24) is 4.98 Å². The van der Waals surface area contributed by atoms with E-state index < -0.39 is 10.0 Å². The van der Waals surface area contributed by atoms with Gasteiger partial charge >= 0.3 is 0 Å². The third-order valence-corrected chi connectivity index (χ3v) is 7.36. The summed E-state index contributed by atoms with van der Waals surface area (Å²) in [6.07, 6.45) is 7.16. The fourth-order valence-electron chi connectivity index (χ4n) is 3.69. The molecule has 6 nitrogen and oxygen atoms in total. The summed E-state index contributed by atoms with van der Waals surface area (Å²) in [5.74, 6) is 0.739.